The van der Waals surface area contributed by atoms with E-state index in [0.717, 1.165) is 11.8 Å². The Hall–Kier alpha value is -2.51. The Bertz CT molecular complexity index is 957. The molecule has 0 fully saturated rings. The van der Waals surface area contributed by atoms with Crippen molar-refractivity contribution in [3.8, 4) is 0 Å². The monoisotopic (exact) mass is 390 g/mol. The number of hydrogen-bond acceptors (Lipinski definition) is 6. The first-order chi connectivity index (χ1) is 12.6. The van der Waals surface area contributed by atoms with E-state index in [1.54, 1.807) is 49.4 Å². The molecule has 8 heteroatoms. The molecule has 3 rings (SSSR count). The van der Waals surface area contributed by atoms with Crippen LogP contribution < -0.4 is 5.32 Å². The highest BCUT2D eigenvalue weighted by Gasteiger charge is 2.15. The fourth-order valence-corrected chi connectivity index (χ4v) is 3.04. The number of nitrogens with one attached hydrogen (secondary N) is 1. The summed E-state index contributed by atoms with van der Waals surface area (Å²) in [6.45, 7) is 1.99. The number of carbonyl (C=O) groups is 2. The lowest BCUT2D eigenvalue weighted by Gasteiger charge is -2.09. The highest BCUT2D eigenvalue weighted by molar-refractivity contribution is 7.99. The highest BCUT2D eigenvalue weighted by atomic mass is 35.5. The van der Waals surface area contributed by atoms with Crippen molar-refractivity contribution in [2.45, 2.75) is 12.1 Å². The van der Waals surface area contributed by atoms with E-state index in [1.807, 2.05) is 0 Å². The highest BCUT2D eigenvalue weighted by Crippen LogP contribution is 2.26. The molecule has 0 spiro atoms. The van der Waals surface area contributed by atoms with Crippen LogP contribution in [-0.4, -0.2) is 29.2 Å². The summed E-state index contributed by atoms with van der Waals surface area (Å²) in [5.41, 5.74) is 1.95. The molecule has 0 unspecified atom stereocenters. The van der Waals surface area contributed by atoms with Crippen molar-refractivity contribution in [3.05, 3.63) is 53.1 Å². The number of thioether (sulfide) groups is 1. The van der Waals surface area contributed by atoms with Gasteiger partial charge in [0.05, 0.1) is 23.6 Å². The summed E-state index contributed by atoms with van der Waals surface area (Å²) in [6.07, 6.45) is 0. The zero-order chi connectivity index (χ0) is 18.5. The van der Waals surface area contributed by atoms with Gasteiger partial charge in [-0.25, -0.2) is 9.78 Å². The number of benzene rings is 2. The van der Waals surface area contributed by atoms with Gasteiger partial charge in [-0.2, -0.15) is 0 Å². The van der Waals surface area contributed by atoms with Crippen LogP contribution in [0, 0.1) is 0 Å². The maximum absolute atomic E-state index is 12.2. The average Bonchev–Trinajstić information content (AvgIpc) is 3.02. The molecular formula is C18H15ClN2O4S. The van der Waals surface area contributed by atoms with Gasteiger partial charge in [-0.15, -0.1) is 0 Å². The van der Waals surface area contributed by atoms with E-state index >= 15 is 0 Å². The summed E-state index contributed by atoms with van der Waals surface area (Å²) in [6, 6.07) is 11.8. The second kappa shape index (κ2) is 8.25. The van der Waals surface area contributed by atoms with Gasteiger partial charge in [-0.3, -0.25) is 4.79 Å². The summed E-state index contributed by atoms with van der Waals surface area (Å²) >= 11 is 7.07. The van der Waals surface area contributed by atoms with E-state index in [1.165, 1.54) is 0 Å². The molecule has 1 amide bonds. The minimum absolute atomic E-state index is 0.0811. The van der Waals surface area contributed by atoms with Gasteiger partial charge in [0.15, 0.2) is 5.58 Å². The van der Waals surface area contributed by atoms with Gasteiger partial charge < -0.3 is 14.5 Å². The number of para-hydroxylation sites is 1. The van der Waals surface area contributed by atoms with Crippen molar-refractivity contribution in [1.82, 2.24) is 4.98 Å². The minimum atomic E-state index is -0.480. The van der Waals surface area contributed by atoms with Gasteiger partial charge in [0, 0.05) is 5.02 Å². The Labute approximate surface area is 158 Å². The van der Waals surface area contributed by atoms with Crippen molar-refractivity contribution in [2.24, 2.45) is 0 Å². The number of hydrogen-bond donors (Lipinski definition) is 1. The fraction of sp³-hybridized carbons (Fsp3) is 0.167. The molecule has 0 bridgehead atoms. The van der Waals surface area contributed by atoms with Crippen LogP contribution in [0.15, 0.2) is 52.1 Å². The normalized spacial score (nSPS) is 10.7. The van der Waals surface area contributed by atoms with E-state index in [4.69, 9.17) is 20.8 Å². The Morgan fingerprint density at radius 3 is 2.88 bits per heavy atom. The first-order valence-corrected chi connectivity index (χ1v) is 9.18. The third kappa shape index (κ3) is 4.36. The number of anilines is 1. The number of aromatic nitrogens is 1. The molecule has 0 radical (unpaired) electrons. The largest absolute Gasteiger partial charge is 0.462 e. The second-order valence-corrected chi connectivity index (χ2v) is 6.56. The van der Waals surface area contributed by atoms with Crippen molar-refractivity contribution >= 4 is 52.0 Å². The summed E-state index contributed by atoms with van der Waals surface area (Å²) in [5, 5.41) is 3.65. The van der Waals surface area contributed by atoms with Crippen LogP contribution in [0.4, 0.5) is 5.69 Å². The standard InChI is InChI=1S/C18H15ClN2O4S/c1-2-24-17(23)12-5-3-4-6-13(12)20-16(22)10-26-18-21-14-9-11(19)7-8-15(14)25-18/h3-9H,2,10H2,1H3,(H,20,22). The van der Waals surface area contributed by atoms with Crippen molar-refractivity contribution in [3.63, 3.8) is 0 Å². The Morgan fingerprint density at radius 1 is 1.27 bits per heavy atom. The van der Waals surface area contributed by atoms with E-state index < -0.39 is 5.97 Å². The fourth-order valence-electron chi connectivity index (χ4n) is 2.23. The molecular weight excluding hydrogens is 376 g/mol. The number of fused-ring (bicyclic) bond motifs is 1. The first kappa shape index (κ1) is 18.3. The molecule has 0 aliphatic rings. The third-order valence-electron chi connectivity index (χ3n) is 3.35. The maximum Gasteiger partial charge on any atom is 0.340 e. The summed E-state index contributed by atoms with van der Waals surface area (Å²) < 4.78 is 10.5. The molecule has 0 atom stereocenters. The quantitative estimate of drug-likeness (QED) is 0.496. The van der Waals surface area contributed by atoms with Gasteiger partial charge in [0.1, 0.15) is 5.52 Å². The SMILES string of the molecule is CCOC(=O)c1ccccc1NC(=O)CSc1nc2cc(Cl)ccc2o1. The molecule has 0 aliphatic carbocycles. The van der Waals surface area contributed by atoms with Crippen molar-refractivity contribution < 1.29 is 18.7 Å². The van der Waals surface area contributed by atoms with E-state index in [9.17, 15) is 9.59 Å². The first-order valence-electron chi connectivity index (χ1n) is 7.81. The molecule has 3 aromatic rings. The Balaban J connectivity index is 1.64. The number of esters is 1. The molecule has 0 saturated carbocycles. The number of oxazole rings is 1. The van der Waals surface area contributed by atoms with Crippen molar-refractivity contribution in [1.29, 1.82) is 0 Å². The molecule has 2 aromatic carbocycles. The number of rotatable bonds is 6. The number of amides is 1. The van der Waals surface area contributed by atoms with Crippen LogP contribution in [0.5, 0.6) is 0 Å². The van der Waals surface area contributed by atoms with Crippen LogP contribution in [0.1, 0.15) is 17.3 Å². The molecule has 1 heterocycles. The van der Waals surface area contributed by atoms with Gasteiger partial charge in [0.25, 0.3) is 5.22 Å². The van der Waals surface area contributed by atoms with Gasteiger partial charge in [-0.1, -0.05) is 35.5 Å². The predicted octanol–water partition coefficient (Wildman–Crippen LogP) is 4.39. The molecule has 134 valence electrons. The van der Waals surface area contributed by atoms with E-state index in [0.29, 0.717) is 32.6 Å². The third-order valence-corrected chi connectivity index (χ3v) is 4.42. The predicted molar refractivity (Wildman–Crippen MR) is 101 cm³/mol. The van der Waals surface area contributed by atoms with Crippen LogP contribution >= 0.6 is 23.4 Å². The van der Waals surface area contributed by atoms with Crippen LogP contribution in [0.25, 0.3) is 11.1 Å². The van der Waals surface area contributed by atoms with Crippen LogP contribution in [0.2, 0.25) is 5.02 Å². The van der Waals surface area contributed by atoms with Crippen LogP contribution in [0.3, 0.4) is 0 Å². The Kier molecular flexibility index (Phi) is 5.80. The van der Waals surface area contributed by atoms with Gasteiger partial charge in [0.2, 0.25) is 5.91 Å². The molecule has 26 heavy (non-hydrogen) atoms. The number of halogens is 1. The number of ether oxygens (including phenoxy) is 1. The lowest BCUT2D eigenvalue weighted by Crippen LogP contribution is -2.17. The topological polar surface area (TPSA) is 81.4 Å². The summed E-state index contributed by atoms with van der Waals surface area (Å²) in [7, 11) is 0. The van der Waals surface area contributed by atoms with Crippen molar-refractivity contribution in [2.75, 3.05) is 17.7 Å². The molecule has 1 aromatic heterocycles. The lowest BCUT2D eigenvalue weighted by atomic mass is 10.2. The Morgan fingerprint density at radius 2 is 2.08 bits per heavy atom. The molecule has 1 N–H and O–H groups in total. The summed E-state index contributed by atoms with van der Waals surface area (Å²) in [4.78, 5) is 28.4. The second-order valence-electron chi connectivity index (χ2n) is 5.19. The molecule has 0 aliphatic heterocycles. The maximum atomic E-state index is 12.2. The average molecular weight is 391 g/mol. The zero-order valence-electron chi connectivity index (χ0n) is 13.8. The number of carbonyl (C=O) groups excluding carboxylic acids is 2. The van der Waals surface area contributed by atoms with Crippen LogP contribution in [-0.2, 0) is 9.53 Å². The van der Waals surface area contributed by atoms with Gasteiger partial charge >= 0.3 is 5.97 Å². The molecule has 0 saturated heterocycles. The van der Waals surface area contributed by atoms with Gasteiger partial charge in [-0.05, 0) is 37.3 Å². The lowest BCUT2D eigenvalue weighted by molar-refractivity contribution is -0.113. The smallest absolute Gasteiger partial charge is 0.340 e. The number of nitrogens with zero attached hydrogens (tertiary/aromatic N) is 1. The zero-order valence-corrected chi connectivity index (χ0v) is 15.4. The minimum Gasteiger partial charge on any atom is -0.462 e. The molecule has 6 nitrogen and oxygen atoms in total. The summed E-state index contributed by atoms with van der Waals surface area (Å²) in [5.74, 6) is -0.684. The van der Waals surface area contributed by atoms with E-state index in [2.05, 4.69) is 10.3 Å². The van der Waals surface area contributed by atoms with E-state index in [-0.39, 0.29) is 18.3 Å².